The molecule has 0 radical (unpaired) electrons. The van der Waals surface area contributed by atoms with E-state index in [9.17, 15) is 4.79 Å². The summed E-state index contributed by atoms with van der Waals surface area (Å²) in [7, 11) is 1.67. The van der Waals surface area contributed by atoms with Gasteiger partial charge in [-0.05, 0) is 24.1 Å². The molecule has 1 N–H and O–H groups in total. The van der Waals surface area contributed by atoms with Gasteiger partial charge in [0, 0.05) is 7.05 Å². The van der Waals surface area contributed by atoms with Crippen molar-refractivity contribution in [2.24, 2.45) is 0 Å². The lowest BCUT2D eigenvalue weighted by Gasteiger charge is -2.14. The van der Waals surface area contributed by atoms with Gasteiger partial charge in [0.1, 0.15) is 5.76 Å². The van der Waals surface area contributed by atoms with Gasteiger partial charge in [-0.15, -0.1) is 11.8 Å². The largest absolute Gasteiger partial charge is 0.468 e. The van der Waals surface area contributed by atoms with Crippen LogP contribution in [0.25, 0.3) is 0 Å². The van der Waals surface area contributed by atoms with E-state index in [0.29, 0.717) is 5.75 Å². The van der Waals surface area contributed by atoms with Gasteiger partial charge in [-0.3, -0.25) is 4.79 Å². The Bertz CT molecular complexity index is 496. The van der Waals surface area contributed by atoms with Gasteiger partial charge in [0.2, 0.25) is 5.91 Å². The summed E-state index contributed by atoms with van der Waals surface area (Å²) in [6, 6.07) is 13.8. The summed E-state index contributed by atoms with van der Waals surface area (Å²) in [4.78, 5) is 11.9. The van der Waals surface area contributed by atoms with E-state index in [1.54, 1.807) is 25.1 Å². The Morgan fingerprint density at radius 2 is 2.05 bits per heavy atom. The van der Waals surface area contributed by atoms with E-state index in [0.717, 1.165) is 12.2 Å². The van der Waals surface area contributed by atoms with Crippen molar-refractivity contribution in [1.29, 1.82) is 0 Å². The number of hydrogen-bond acceptors (Lipinski definition) is 3. The maximum atomic E-state index is 11.9. The molecule has 2 aromatic rings. The minimum absolute atomic E-state index is 0.0559. The molecule has 0 bridgehead atoms. The molecule has 0 fully saturated rings. The molecule has 19 heavy (non-hydrogen) atoms. The van der Waals surface area contributed by atoms with Gasteiger partial charge < -0.3 is 9.73 Å². The van der Waals surface area contributed by atoms with E-state index in [4.69, 9.17) is 4.42 Å². The highest BCUT2D eigenvalue weighted by molar-refractivity contribution is 7.99. The second-order valence-electron chi connectivity index (χ2n) is 4.18. The predicted octanol–water partition coefficient (Wildman–Crippen LogP) is 2.87. The van der Waals surface area contributed by atoms with Crippen LogP contribution in [0.3, 0.4) is 0 Å². The molecule has 0 spiro atoms. The third-order valence-corrected chi connectivity index (χ3v) is 4.04. The minimum Gasteiger partial charge on any atom is -0.468 e. The molecule has 1 atom stereocenters. The maximum absolute atomic E-state index is 11.9. The highest BCUT2D eigenvalue weighted by atomic mass is 32.2. The van der Waals surface area contributed by atoms with Gasteiger partial charge in [0.05, 0.1) is 17.3 Å². The van der Waals surface area contributed by atoms with Crippen LogP contribution in [0, 0.1) is 0 Å². The number of amides is 1. The summed E-state index contributed by atoms with van der Waals surface area (Å²) in [5, 5.41) is 2.63. The van der Waals surface area contributed by atoms with E-state index in [1.165, 1.54) is 5.56 Å². The molecule has 1 aromatic heterocycles. The molecule has 4 heteroatoms. The van der Waals surface area contributed by atoms with Crippen LogP contribution in [0.15, 0.2) is 53.1 Å². The highest BCUT2D eigenvalue weighted by Gasteiger charge is 2.18. The van der Waals surface area contributed by atoms with E-state index in [-0.39, 0.29) is 11.2 Å². The Hall–Kier alpha value is -1.68. The Morgan fingerprint density at radius 1 is 1.26 bits per heavy atom. The van der Waals surface area contributed by atoms with Gasteiger partial charge >= 0.3 is 0 Å². The quantitative estimate of drug-likeness (QED) is 0.881. The maximum Gasteiger partial charge on any atom is 0.233 e. The summed E-state index contributed by atoms with van der Waals surface area (Å²) in [6.45, 7) is 0. The van der Waals surface area contributed by atoms with Crippen LogP contribution in [0.2, 0.25) is 0 Å². The van der Waals surface area contributed by atoms with Crippen LogP contribution in [0.5, 0.6) is 0 Å². The molecular weight excluding hydrogens is 258 g/mol. The molecule has 1 amide bonds. The van der Waals surface area contributed by atoms with Crippen LogP contribution in [0.4, 0.5) is 0 Å². The number of benzene rings is 1. The summed E-state index contributed by atoms with van der Waals surface area (Å²) in [5.74, 6) is 1.66. The molecular formula is C15H17NO2S. The number of carbonyl (C=O) groups excluding carboxylic acids is 1. The standard InChI is InChI=1S/C15H17NO2S/c1-16-15(17)14(10-12-6-3-2-4-7-12)19-11-13-8-5-9-18-13/h2-9,14H,10-11H2,1H3,(H,16,17)/t14-/m0/s1. The van der Waals surface area contributed by atoms with Crippen molar-refractivity contribution in [2.75, 3.05) is 7.05 Å². The van der Waals surface area contributed by atoms with E-state index in [2.05, 4.69) is 5.32 Å². The molecule has 1 heterocycles. The average molecular weight is 275 g/mol. The first kappa shape index (κ1) is 13.7. The number of nitrogens with one attached hydrogen (secondary N) is 1. The second-order valence-corrected chi connectivity index (χ2v) is 5.37. The normalized spacial score (nSPS) is 12.1. The van der Waals surface area contributed by atoms with Gasteiger partial charge in [-0.1, -0.05) is 30.3 Å². The van der Waals surface area contributed by atoms with Gasteiger partial charge in [-0.2, -0.15) is 0 Å². The highest BCUT2D eigenvalue weighted by Crippen LogP contribution is 2.21. The summed E-state index contributed by atoms with van der Waals surface area (Å²) >= 11 is 1.60. The fourth-order valence-corrected chi connectivity index (χ4v) is 2.90. The smallest absolute Gasteiger partial charge is 0.233 e. The van der Waals surface area contributed by atoms with Crippen LogP contribution < -0.4 is 5.32 Å². The topological polar surface area (TPSA) is 42.2 Å². The Balaban J connectivity index is 1.97. The predicted molar refractivity (Wildman–Crippen MR) is 78.0 cm³/mol. The van der Waals surface area contributed by atoms with Crippen molar-refractivity contribution in [3.05, 3.63) is 60.1 Å². The SMILES string of the molecule is CNC(=O)[C@H](Cc1ccccc1)SCc1ccco1. The van der Waals surface area contributed by atoms with E-state index < -0.39 is 0 Å². The van der Waals surface area contributed by atoms with Gasteiger partial charge in [0.15, 0.2) is 0 Å². The Labute approximate surface area is 117 Å². The molecule has 3 nitrogen and oxygen atoms in total. The third-order valence-electron chi connectivity index (χ3n) is 2.81. The first-order valence-electron chi connectivity index (χ1n) is 6.19. The van der Waals surface area contributed by atoms with Crippen molar-refractivity contribution < 1.29 is 9.21 Å². The molecule has 1 aromatic carbocycles. The molecule has 0 unspecified atom stereocenters. The average Bonchev–Trinajstić information content (AvgIpc) is 2.97. The number of carbonyl (C=O) groups is 1. The fourth-order valence-electron chi connectivity index (χ4n) is 1.79. The van der Waals surface area contributed by atoms with E-state index in [1.807, 2.05) is 42.5 Å². The number of thioether (sulfide) groups is 1. The first-order valence-corrected chi connectivity index (χ1v) is 7.24. The number of hydrogen-bond donors (Lipinski definition) is 1. The van der Waals surface area contributed by atoms with Crippen LogP contribution in [-0.2, 0) is 17.0 Å². The second kappa shape index (κ2) is 7.04. The van der Waals surface area contributed by atoms with Crippen LogP contribution in [-0.4, -0.2) is 18.2 Å². The molecule has 0 saturated heterocycles. The van der Waals surface area contributed by atoms with Crippen molar-refractivity contribution in [3.63, 3.8) is 0 Å². The lowest BCUT2D eigenvalue weighted by molar-refractivity contribution is -0.120. The lowest BCUT2D eigenvalue weighted by Crippen LogP contribution is -2.31. The molecule has 0 aliphatic rings. The summed E-state index contributed by atoms with van der Waals surface area (Å²) in [5.41, 5.74) is 1.17. The zero-order valence-corrected chi connectivity index (χ0v) is 11.7. The number of rotatable bonds is 6. The van der Waals surface area contributed by atoms with Crippen molar-refractivity contribution in [2.45, 2.75) is 17.4 Å². The molecule has 2 rings (SSSR count). The summed E-state index contributed by atoms with van der Waals surface area (Å²) < 4.78 is 5.29. The monoisotopic (exact) mass is 275 g/mol. The van der Waals surface area contributed by atoms with Crippen molar-refractivity contribution >= 4 is 17.7 Å². The zero-order chi connectivity index (χ0) is 13.5. The summed E-state index contributed by atoms with van der Waals surface area (Å²) in [6.07, 6.45) is 2.38. The van der Waals surface area contributed by atoms with E-state index >= 15 is 0 Å². The third kappa shape index (κ3) is 4.17. The van der Waals surface area contributed by atoms with Crippen LogP contribution in [0.1, 0.15) is 11.3 Å². The molecule has 0 aliphatic heterocycles. The van der Waals surface area contributed by atoms with Crippen molar-refractivity contribution in [1.82, 2.24) is 5.32 Å². The van der Waals surface area contributed by atoms with Gasteiger partial charge in [0.25, 0.3) is 0 Å². The fraction of sp³-hybridized carbons (Fsp3) is 0.267. The molecule has 100 valence electrons. The van der Waals surface area contributed by atoms with Crippen molar-refractivity contribution in [3.8, 4) is 0 Å². The minimum atomic E-state index is -0.0995. The van der Waals surface area contributed by atoms with Gasteiger partial charge in [-0.25, -0.2) is 0 Å². The first-order chi connectivity index (χ1) is 9.29. The Kier molecular flexibility index (Phi) is 5.10. The zero-order valence-electron chi connectivity index (χ0n) is 10.8. The number of furan rings is 1. The molecule has 0 saturated carbocycles. The lowest BCUT2D eigenvalue weighted by atomic mass is 10.1. The van der Waals surface area contributed by atoms with Crippen LogP contribution >= 0.6 is 11.8 Å². The Morgan fingerprint density at radius 3 is 2.68 bits per heavy atom. The molecule has 0 aliphatic carbocycles.